The summed E-state index contributed by atoms with van der Waals surface area (Å²) in [6.45, 7) is 10.1. The highest BCUT2D eigenvalue weighted by atomic mass is 127. The highest BCUT2D eigenvalue weighted by Crippen LogP contribution is 2.40. The van der Waals surface area contributed by atoms with Crippen molar-refractivity contribution in [2.24, 2.45) is 10.4 Å². The van der Waals surface area contributed by atoms with Crippen LogP contribution < -0.4 is 19.5 Å². The summed E-state index contributed by atoms with van der Waals surface area (Å²) in [6, 6.07) is 3.86. The van der Waals surface area contributed by atoms with Crippen LogP contribution >= 0.6 is 24.0 Å². The number of nitrogens with zero attached hydrogens (tertiary/aromatic N) is 2. The predicted molar refractivity (Wildman–Crippen MR) is 116 cm³/mol. The van der Waals surface area contributed by atoms with Crippen molar-refractivity contribution in [1.29, 1.82) is 0 Å². The highest BCUT2D eigenvalue weighted by Gasteiger charge is 2.30. The molecule has 7 heteroatoms. The van der Waals surface area contributed by atoms with Gasteiger partial charge in [-0.05, 0) is 30.9 Å². The summed E-state index contributed by atoms with van der Waals surface area (Å²) in [6.07, 6.45) is 1.18. The van der Waals surface area contributed by atoms with Crippen LogP contribution in [0, 0.1) is 5.41 Å². The zero-order chi connectivity index (χ0) is 18.4. The molecule has 1 aliphatic heterocycles. The Labute approximate surface area is 174 Å². The lowest BCUT2D eigenvalue weighted by molar-refractivity contribution is 0.322. The lowest BCUT2D eigenvalue weighted by atomic mass is 9.93. The first-order chi connectivity index (χ1) is 12.0. The van der Waals surface area contributed by atoms with Crippen LogP contribution in [0.2, 0.25) is 0 Å². The van der Waals surface area contributed by atoms with Crippen LogP contribution in [0.5, 0.6) is 17.2 Å². The Morgan fingerprint density at radius 3 is 2.35 bits per heavy atom. The van der Waals surface area contributed by atoms with Crippen LogP contribution in [0.15, 0.2) is 17.1 Å². The van der Waals surface area contributed by atoms with Crippen LogP contribution in [-0.2, 0) is 6.54 Å². The van der Waals surface area contributed by atoms with Crippen molar-refractivity contribution in [3.63, 3.8) is 0 Å². The Morgan fingerprint density at radius 1 is 1.15 bits per heavy atom. The molecule has 1 fully saturated rings. The number of ether oxygens (including phenoxy) is 3. The highest BCUT2D eigenvalue weighted by molar-refractivity contribution is 14.0. The van der Waals surface area contributed by atoms with Gasteiger partial charge in [0.05, 0.1) is 27.9 Å². The molecular formula is C19H32IN3O3. The quantitative estimate of drug-likeness (QED) is 0.386. The fourth-order valence-electron chi connectivity index (χ4n) is 3.17. The molecule has 0 amide bonds. The van der Waals surface area contributed by atoms with E-state index in [2.05, 4.69) is 31.0 Å². The van der Waals surface area contributed by atoms with E-state index in [1.165, 1.54) is 6.42 Å². The summed E-state index contributed by atoms with van der Waals surface area (Å²) in [4.78, 5) is 7.16. The first-order valence-corrected chi connectivity index (χ1v) is 8.77. The molecular weight excluding hydrogens is 445 g/mol. The number of hydrogen-bond donors (Lipinski definition) is 1. The molecule has 0 atom stereocenters. The van der Waals surface area contributed by atoms with Crippen molar-refractivity contribution >= 4 is 29.9 Å². The Bertz CT molecular complexity index is 620. The minimum Gasteiger partial charge on any atom is -0.493 e. The Hall–Kier alpha value is -1.38. The molecule has 1 aromatic carbocycles. The van der Waals surface area contributed by atoms with Crippen molar-refractivity contribution in [3.8, 4) is 17.2 Å². The number of likely N-dealkylation sites (tertiary alicyclic amines) is 1. The van der Waals surface area contributed by atoms with E-state index in [1.54, 1.807) is 21.3 Å². The van der Waals surface area contributed by atoms with E-state index >= 15 is 0 Å². The number of nitrogens with one attached hydrogen (secondary N) is 1. The van der Waals surface area contributed by atoms with Crippen molar-refractivity contribution < 1.29 is 14.2 Å². The summed E-state index contributed by atoms with van der Waals surface area (Å²) >= 11 is 0. The Kier molecular flexibility index (Phi) is 8.79. The maximum Gasteiger partial charge on any atom is 0.203 e. The number of hydrogen-bond acceptors (Lipinski definition) is 4. The maximum atomic E-state index is 5.55. The third-order valence-electron chi connectivity index (χ3n) is 4.50. The molecule has 1 heterocycles. The zero-order valence-corrected chi connectivity index (χ0v) is 19.0. The van der Waals surface area contributed by atoms with Gasteiger partial charge < -0.3 is 24.4 Å². The topological polar surface area (TPSA) is 55.3 Å². The first-order valence-electron chi connectivity index (χ1n) is 8.77. The average Bonchev–Trinajstić information content (AvgIpc) is 2.97. The number of rotatable bonds is 6. The molecule has 26 heavy (non-hydrogen) atoms. The Morgan fingerprint density at radius 2 is 1.85 bits per heavy atom. The number of benzene rings is 1. The van der Waals surface area contributed by atoms with Crippen molar-refractivity contribution in [3.05, 3.63) is 17.7 Å². The average molecular weight is 477 g/mol. The molecule has 1 saturated heterocycles. The van der Waals surface area contributed by atoms with Crippen LogP contribution in [0.3, 0.4) is 0 Å². The largest absolute Gasteiger partial charge is 0.493 e. The van der Waals surface area contributed by atoms with Gasteiger partial charge in [-0.15, -0.1) is 24.0 Å². The fourth-order valence-corrected chi connectivity index (χ4v) is 3.17. The van der Waals surface area contributed by atoms with Crippen LogP contribution in [0.4, 0.5) is 0 Å². The van der Waals surface area contributed by atoms with Gasteiger partial charge in [-0.1, -0.05) is 13.8 Å². The van der Waals surface area contributed by atoms with Crippen LogP contribution in [0.1, 0.15) is 32.8 Å². The summed E-state index contributed by atoms with van der Waals surface area (Å²) in [5.41, 5.74) is 1.30. The monoisotopic (exact) mass is 477 g/mol. The minimum atomic E-state index is 0. The molecule has 0 saturated carbocycles. The van der Waals surface area contributed by atoms with Crippen LogP contribution in [0.25, 0.3) is 0 Å². The zero-order valence-electron chi connectivity index (χ0n) is 16.7. The van der Waals surface area contributed by atoms with Crippen molar-refractivity contribution in [2.75, 3.05) is 41.0 Å². The Balaban J connectivity index is 0.00000338. The molecule has 2 rings (SSSR count). The van der Waals surface area contributed by atoms with E-state index < -0.39 is 0 Å². The lowest BCUT2D eigenvalue weighted by Crippen LogP contribution is -2.40. The second-order valence-corrected chi connectivity index (χ2v) is 7.00. The van der Waals surface area contributed by atoms with Gasteiger partial charge in [0, 0.05) is 25.2 Å². The van der Waals surface area contributed by atoms with E-state index in [-0.39, 0.29) is 24.0 Å². The fraction of sp³-hybridized carbons (Fsp3) is 0.632. The molecule has 0 radical (unpaired) electrons. The van der Waals surface area contributed by atoms with Gasteiger partial charge in [-0.25, -0.2) is 4.99 Å². The SMILES string of the molecule is CCNC(=NCc1ccc(OC)c(OC)c1OC)N1CCC(C)(C)C1.I. The summed E-state index contributed by atoms with van der Waals surface area (Å²) in [5.74, 6) is 2.87. The lowest BCUT2D eigenvalue weighted by Gasteiger charge is -2.24. The van der Waals surface area contributed by atoms with Gasteiger partial charge in [0.15, 0.2) is 17.5 Å². The van der Waals surface area contributed by atoms with Gasteiger partial charge >= 0.3 is 0 Å². The summed E-state index contributed by atoms with van der Waals surface area (Å²) in [5, 5.41) is 3.40. The van der Waals surface area contributed by atoms with Crippen LogP contribution in [-0.4, -0.2) is 51.8 Å². The van der Waals surface area contributed by atoms with Crippen molar-refractivity contribution in [2.45, 2.75) is 33.7 Å². The first kappa shape index (κ1) is 22.7. The van der Waals surface area contributed by atoms with Gasteiger partial charge in [0.25, 0.3) is 0 Å². The molecule has 1 aliphatic rings. The van der Waals surface area contributed by atoms with Gasteiger partial charge in [-0.2, -0.15) is 0 Å². The normalized spacial score (nSPS) is 16.1. The molecule has 0 aliphatic carbocycles. The van der Waals surface area contributed by atoms with E-state index in [4.69, 9.17) is 19.2 Å². The number of methoxy groups -OCH3 is 3. The van der Waals surface area contributed by atoms with E-state index in [9.17, 15) is 0 Å². The molecule has 1 aromatic rings. The molecule has 0 unspecified atom stereocenters. The van der Waals surface area contributed by atoms with Gasteiger partial charge in [0.2, 0.25) is 5.75 Å². The molecule has 148 valence electrons. The molecule has 0 bridgehead atoms. The number of halogens is 1. The van der Waals surface area contributed by atoms with E-state index in [0.717, 1.165) is 31.2 Å². The van der Waals surface area contributed by atoms with Crippen molar-refractivity contribution in [1.82, 2.24) is 10.2 Å². The number of guanidine groups is 1. The predicted octanol–water partition coefficient (Wildman–Crippen LogP) is 3.53. The number of aliphatic imine (C=N–C) groups is 1. The second-order valence-electron chi connectivity index (χ2n) is 7.00. The van der Waals surface area contributed by atoms with Gasteiger partial charge in [-0.3, -0.25) is 0 Å². The molecule has 0 spiro atoms. The van der Waals surface area contributed by atoms with E-state index in [1.807, 2.05) is 12.1 Å². The third kappa shape index (κ3) is 5.31. The summed E-state index contributed by atoms with van der Waals surface area (Å²) < 4.78 is 16.3. The molecule has 0 aromatic heterocycles. The summed E-state index contributed by atoms with van der Waals surface area (Å²) in [7, 11) is 4.87. The standard InChI is InChI=1S/C19H31N3O3.HI/c1-7-20-18(22-11-10-19(2,3)13-22)21-12-14-8-9-15(23-4)17(25-6)16(14)24-5;/h8-9H,7,10-13H2,1-6H3,(H,20,21);1H. The maximum absolute atomic E-state index is 5.55. The smallest absolute Gasteiger partial charge is 0.203 e. The van der Waals surface area contributed by atoms with E-state index in [0.29, 0.717) is 29.2 Å². The molecule has 1 N–H and O–H groups in total. The second kappa shape index (κ2) is 10.1. The third-order valence-corrected chi connectivity index (χ3v) is 4.50. The molecule has 6 nitrogen and oxygen atoms in total. The van der Waals surface area contributed by atoms with Gasteiger partial charge in [0.1, 0.15) is 0 Å². The minimum absolute atomic E-state index is 0.